The van der Waals surface area contributed by atoms with Crippen molar-refractivity contribution in [2.24, 2.45) is 5.73 Å². The first-order valence-corrected chi connectivity index (χ1v) is 3.10. The molecule has 0 unspecified atom stereocenters. The molecule has 0 bridgehead atoms. The average Bonchev–Trinajstić information content (AvgIpc) is 1.63. The molecular formula is C6H14ClNO2. The van der Waals surface area contributed by atoms with Gasteiger partial charge in [0.05, 0.1) is 0 Å². The lowest BCUT2D eigenvalue weighted by molar-refractivity contribution is -0.137. The Bertz CT molecular complexity index is 95.7. The Balaban J connectivity index is 0. The van der Waals surface area contributed by atoms with Crippen LogP contribution in [-0.2, 0) is 4.79 Å². The molecule has 0 aromatic rings. The lowest BCUT2D eigenvalue weighted by atomic mass is 10.1. The summed E-state index contributed by atoms with van der Waals surface area (Å²) in [7, 11) is 0. The number of aliphatic carboxylic acids is 1. The first-order valence-electron chi connectivity index (χ1n) is 3.10. The van der Waals surface area contributed by atoms with E-state index in [9.17, 15) is 4.79 Å². The van der Waals surface area contributed by atoms with E-state index in [0.717, 1.165) is 6.42 Å². The van der Waals surface area contributed by atoms with E-state index in [-0.39, 0.29) is 24.9 Å². The molecular weight excluding hydrogens is 154 g/mol. The summed E-state index contributed by atoms with van der Waals surface area (Å²) in [5.74, 6) is -0.740. The summed E-state index contributed by atoms with van der Waals surface area (Å²) < 4.78 is 0. The Morgan fingerprint density at radius 1 is 1.70 bits per heavy atom. The highest BCUT2D eigenvalue weighted by Gasteiger charge is 1.97. The number of carboxylic acid groups (broad SMARTS) is 1. The minimum atomic E-state index is -0.740. The van der Waals surface area contributed by atoms with Crippen LogP contribution >= 0.6 is 12.4 Å². The van der Waals surface area contributed by atoms with Gasteiger partial charge in [0.1, 0.15) is 0 Å². The Labute approximate surface area is 67.0 Å². The molecule has 0 aromatic heterocycles. The molecule has 0 rings (SSSR count). The summed E-state index contributed by atoms with van der Waals surface area (Å²) in [6.07, 6.45) is 1.72. The van der Waals surface area contributed by atoms with Crippen molar-refractivity contribution in [2.75, 3.05) is 0 Å². The normalized spacial score (nSPS) is 11.8. The Morgan fingerprint density at radius 3 is 2.50 bits per heavy atom. The Hall–Kier alpha value is -0.280. The van der Waals surface area contributed by atoms with Crippen LogP contribution in [0.3, 0.4) is 0 Å². The van der Waals surface area contributed by atoms with E-state index in [1.807, 2.05) is 6.92 Å². The van der Waals surface area contributed by atoms with Gasteiger partial charge in [-0.3, -0.25) is 4.79 Å². The second-order valence-electron chi connectivity index (χ2n) is 2.26. The van der Waals surface area contributed by atoms with Crippen molar-refractivity contribution in [2.45, 2.75) is 32.2 Å². The van der Waals surface area contributed by atoms with Crippen LogP contribution in [0.1, 0.15) is 26.2 Å². The molecule has 0 aliphatic rings. The fraction of sp³-hybridized carbons (Fsp3) is 0.833. The van der Waals surface area contributed by atoms with Gasteiger partial charge in [0, 0.05) is 12.5 Å². The van der Waals surface area contributed by atoms with E-state index >= 15 is 0 Å². The molecule has 0 saturated carbocycles. The molecule has 4 heteroatoms. The maximum Gasteiger partial charge on any atom is 0.303 e. The van der Waals surface area contributed by atoms with Crippen LogP contribution in [0, 0.1) is 0 Å². The fourth-order valence-electron chi connectivity index (χ4n) is 0.575. The van der Waals surface area contributed by atoms with Crippen molar-refractivity contribution in [1.82, 2.24) is 0 Å². The maximum absolute atomic E-state index is 9.94. The SMILES string of the molecule is C[C@H](N)CCCC(=O)O.Cl. The lowest BCUT2D eigenvalue weighted by Gasteiger charge is -2.00. The van der Waals surface area contributed by atoms with Crippen LogP contribution in [0.25, 0.3) is 0 Å². The van der Waals surface area contributed by atoms with Crippen LogP contribution in [0.5, 0.6) is 0 Å². The molecule has 0 radical (unpaired) electrons. The standard InChI is InChI=1S/C6H13NO2.ClH/c1-5(7)3-2-4-6(8)9;/h5H,2-4,7H2,1H3,(H,8,9);1H/t5-;/m0./s1. The van der Waals surface area contributed by atoms with Gasteiger partial charge in [-0.05, 0) is 19.8 Å². The zero-order valence-electron chi connectivity index (χ0n) is 6.04. The summed E-state index contributed by atoms with van der Waals surface area (Å²) in [6, 6.07) is 0.129. The third kappa shape index (κ3) is 10.7. The summed E-state index contributed by atoms with van der Waals surface area (Å²) in [4.78, 5) is 9.94. The maximum atomic E-state index is 9.94. The summed E-state index contributed by atoms with van der Waals surface area (Å²) >= 11 is 0. The highest BCUT2D eigenvalue weighted by atomic mass is 35.5. The first kappa shape index (κ1) is 12.4. The zero-order chi connectivity index (χ0) is 7.28. The van der Waals surface area contributed by atoms with E-state index in [1.54, 1.807) is 0 Å². The van der Waals surface area contributed by atoms with Gasteiger partial charge in [0.2, 0.25) is 0 Å². The Morgan fingerprint density at radius 2 is 2.20 bits per heavy atom. The molecule has 0 fully saturated rings. The van der Waals surface area contributed by atoms with Crippen molar-refractivity contribution in [3.8, 4) is 0 Å². The topological polar surface area (TPSA) is 63.3 Å². The molecule has 3 nitrogen and oxygen atoms in total. The minimum absolute atomic E-state index is 0. The molecule has 0 amide bonds. The predicted octanol–water partition coefficient (Wildman–Crippen LogP) is 1.01. The van der Waals surface area contributed by atoms with Crippen LogP contribution in [0.15, 0.2) is 0 Å². The molecule has 0 heterocycles. The molecule has 62 valence electrons. The van der Waals surface area contributed by atoms with Gasteiger partial charge < -0.3 is 10.8 Å². The molecule has 0 saturated heterocycles. The van der Waals surface area contributed by atoms with Crippen LogP contribution in [0.2, 0.25) is 0 Å². The van der Waals surface area contributed by atoms with Gasteiger partial charge in [0.15, 0.2) is 0 Å². The monoisotopic (exact) mass is 167 g/mol. The number of halogens is 1. The molecule has 0 aliphatic carbocycles. The fourth-order valence-corrected chi connectivity index (χ4v) is 0.575. The van der Waals surface area contributed by atoms with Crippen LogP contribution in [-0.4, -0.2) is 17.1 Å². The van der Waals surface area contributed by atoms with Crippen molar-refractivity contribution >= 4 is 18.4 Å². The third-order valence-corrected chi connectivity index (χ3v) is 1.05. The smallest absolute Gasteiger partial charge is 0.303 e. The summed E-state index contributed by atoms with van der Waals surface area (Å²) in [5.41, 5.74) is 5.39. The molecule has 10 heavy (non-hydrogen) atoms. The van der Waals surface area contributed by atoms with Crippen molar-refractivity contribution in [3.63, 3.8) is 0 Å². The van der Waals surface area contributed by atoms with Crippen LogP contribution in [0.4, 0.5) is 0 Å². The number of hydrogen-bond acceptors (Lipinski definition) is 2. The second-order valence-corrected chi connectivity index (χ2v) is 2.26. The second kappa shape index (κ2) is 6.83. The lowest BCUT2D eigenvalue weighted by Crippen LogP contribution is -2.14. The van der Waals surface area contributed by atoms with E-state index in [4.69, 9.17) is 10.8 Å². The number of hydrogen-bond donors (Lipinski definition) is 2. The van der Waals surface area contributed by atoms with Gasteiger partial charge in [0.25, 0.3) is 0 Å². The third-order valence-electron chi connectivity index (χ3n) is 1.05. The zero-order valence-corrected chi connectivity index (χ0v) is 6.86. The molecule has 1 atom stereocenters. The quantitative estimate of drug-likeness (QED) is 0.657. The van der Waals surface area contributed by atoms with Gasteiger partial charge in [-0.25, -0.2) is 0 Å². The average molecular weight is 168 g/mol. The number of nitrogens with two attached hydrogens (primary N) is 1. The molecule has 0 aliphatic heterocycles. The first-order chi connectivity index (χ1) is 4.13. The van der Waals surface area contributed by atoms with Gasteiger partial charge in [-0.1, -0.05) is 0 Å². The Kier molecular flexibility index (Phi) is 8.48. The van der Waals surface area contributed by atoms with Crippen molar-refractivity contribution in [1.29, 1.82) is 0 Å². The van der Waals surface area contributed by atoms with E-state index < -0.39 is 5.97 Å². The number of carboxylic acids is 1. The molecule has 0 spiro atoms. The van der Waals surface area contributed by atoms with E-state index in [2.05, 4.69) is 0 Å². The van der Waals surface area contributed by atoms with Crippen molar-refractivity contribution in [3.05, 3.63) is 0 Å². The predicted molar refractivity (Wildman–Crippen MR) is 42.4 cm³/mol. The number of rotatable bonds is 4. The summed E-state index contributed by atoms with van der Waals surface area (Å²) in [6.45, 7) is 1.88. The van der Waals surface area contributed by atoms with E-state index in [1.165, 1.54) is 0 Å². The number of carbonyl (C=O) groups is 1. The molecule has 0 aromatic carbocycles. The van der Waals surface area contributed by atoms with Gasteiger partial charge in [-0.2, -0.15) is 0 Å². The highest BCUT2D eigenvalue weighted by Crippen LogP contribution is 1.96. The summed E-state index contributed by atoms with van der Waals surface area (Å²) in [5, 5.41) is 8.19. The largest absolute Gasteiger partial charge is 0.481 e. The van der Waals surface area contributed by atoms with Gasteiger partial charge >= 0.3 is 5.97 Å². The van der Waals surface area contributed by atoms with Crippen LogP contribution < -0.4 is 5.73 Å². The van der Waals surface area contributed by atoms with Gasteiger partial charge in [-0.15, -0.1) is 12.4 Å². The highest BCUT2D eigenvalue weighted by molar-refractivity contribution is 5.85. The van der Waals surface area contributed by atoms with Crippen molar-refractivity contribution < 1.29 is 9.90 Å². The minimum Gasteiger partial charge on any atom is -0.481 e. The van der Waals surface area contributed by atoms with E-state index in [0.29, 0.717) is 6.42 Å². The molecule has 3 N–H and O–H groups in total.